The van der Waals surface area contributed by atoms with E-state index < -0.39 is 12.2 Å². The number of hydrogen-bond acceptors (Lipinski definition) is 8. The molecule has 1 N–H and O–H groups in total. The predicted molar refractivity (Wildman–Crippen MR) is 134 cm³/mol. The van der Waals surface area contributed by atoms with E-state index in [9.17, 15) is 14.0 Å². The smallest absolute Gasteiger partial charge is 0.310 e. The lowest BCUT2D eigenvalue weighted by Crippen LogP contribution is -2.34. The van der Waals surface area contributed by atoms with Crippen LogP contribution in [0.3, 0.4) is 0 Å². The summed E-state index contributed by atoms with van der Waals surface area (Å²) in [5, 5.41) is 6.95. The molecule has 37 heavy (non-hydrogen) atoms. The summed E-state index contributed by atoms with van der Waals surface area (Å²) < 4.78 is 26.1. The molecule has 3 heterocycles. The van der Waals surface area contributed by atoms with Gasteiger partial charge in [-0.1, -0.05) is 17.7 Å². The summed E-state index contributed by atoms with van der Waals surface area (Å²) in [6, 6.07) is 9.18. The summed E-state index contributed by atoms with van der Waals surface area (Å²) in [4.78, 5) is 35.8. The number of carbonyl (C=O) groups is 2. The molecule has 4 rings (SSSR count). The van der Waals surface area contributed by atoms with Crippen LogP contribution in [0.15, 0.2) is 48.9 Å². The summed E-state index contributed by atoms with van der Waals surface area (Å²) in [7, 11) is 3.47. The average molecular weight is 512 g/mol. The van der Waals surface area contributed by atoms with E-state index in [1.807, 2.05) is 31.2 Å². The second-order valence-corrected chi connectivity index (χ2v) is 8.90. The molecule has 1 aromatic carbocycles. The third-order valence-electron chi connectivity index (χ3n) is 6.13. The number of nitrogens with zero attached hydrogens (tertiary/aromatic N) is 6. The highest BCUT2D eigenvalue weighted by Crippen LogP contribution is 2.23. The van der Waals surface area contributed by atoms with Gasteiger partial charge in [0.2, 0.25) is 5.91 Å². The maximum absolute atomic E-state index is 13.3. The first-order valence-electron chi connectivity index (χ1n) is 11.9. The van der Waals surface area contributed by atoms with E-state index in [4.69, 9.17) is 9.47 Å². The topological polar surface area (TPSA) is 115 Å². The van der Waals surface area contributed by atoms with Crippen molar-refractivity contribution in [3.63, 3.8) is 0 Å². The lowest BCUT2D eigenvalue weighted by Gasteiger charge is -2.23. The van der Waals surface area contributed by atoms with Gasteiger partial charge >= 0.3 is 6.08 Å². The van der Waals surface area contributed by atoms with Crippen molar-refractivity contribution >= 4 is 23.3 Å². The number of aromatic nitrogens is 4. The fraction of sp³-hybridized carbons (Fsp3) is 0.400. The molecule has 1 aliphatic heterocycles. The first-order chi connectivity index (χ1) is 17.8. The molecule has 0 spiro atoms. The van der Waals surface area contributed by atoms with Gasteiger partial charge in [0.25, 0.3) is 5.91 Å². The van der Waals surface area contributed by atoms with Crippen LogP contribution in [0, 0.1) is 13.0 Å². The number of rotatable bonds is 10. The molecular formula is C25H30FN7O4. The van der Waals surface area contributed by atoms with Gasteiger partial charge in [0.1, 0.15) is 30.8 Å². The number of hydrogen-bond donors (Lipinski definition) is 1. The molecule has 0 aliphatic carbocycles. The largest absolute Gasteiger partial charge is 0.492 e. The molecule has 2 amide bonds. The van der Waals surface area contributed by atoms with E-state index in [0.29, 0.717) is 37.7 Å². The Bertz CT molecular complexity index is 1220. The molecule has 196 valence electrons. The number of benzene rings is 1. The molecule has 0 bridgehead atoms. The number of amides is 2. The Hall–Kier alpha value is -4.06. The van der Waals surface area contributed by atoms with Crippen molar-refractivity contribution in [2.24, 2.45) is 0 Å². The predicted octanol–water partition coefficient (Wildman–Crippen LogP) is 1.89. The minimum absolute atomic E-state index is 0.0270. The second-order valence-electron chi connectivity index (χ2n) is 8.90. The van der Waals surface area contributed by atoms with Crippen molar-refractivity contribution in [3.8, 4) is 5.75 Å². The third-order valence-corrected chi connectivity index (χ3v) is 6.13. The number of carbonyl (C=O) groups excluding carboxylic acids is 2. The number of anilines is 2. The average Bonchev–Trinajstić information content (AvgIpc) is 3.55. The third kappa shape index (κ3) is 7.00. The zero-order chi connectivity index (χ0) is 26.4. The minimum atomic E-state index is -0.810. The maximum atomic E-state index is 13.3. The van der Waals surface area contributed by atoms with E-state index in [1.165, 1.54) is 17.1 Å². The number of nitrogens with one attached hydrogen (secondary N) is 1. The normalized spacial score (nSPS) is 16.9. The molecule has 2 aromatic heterocycles. The molecule has 0 saturated carbocycles. The first kappa shape index (κ1) is 26.0. The van der Waals surface area contributed by atoms with Crippen LogP contribution >= 0.6 is 0 Å². The number of ether oxygens (including phenoxy) is 2. The Morgan fingerprint density at radius 1 is 1.24 bits per heavy atom. The fourth-order valence-corrected chi connectivity index (χ4v) is 3.83. The van der Waals surface area contributed by atoms with E-state index in [2.05, 4.69) is 20.4 Å². The van der Waals surface area contributed by atoms with Crippen LogP contribution in [0.25, 0.3) is 0 Å². The van der Waals surface area contributed by atoms with Crippen LogP contribution in [0.5, 0.6) is 5.75 Å². The number of aryl methyl sites for hydroxylation is 1. The Balaban J connectivity index is 1.21. The van der Waals surface area contributed by atoms with Gasteiger partial charge < -0.3 is 24.6 Å². The van der Waals surface area contributed by atoms with Gasteiger partial charge in [-0.05, 0) is 25.1 Å². The lowest BCUT2D eigenvalue weighted by atomic mass is 10.1. The van der Waals surface area contributed by atoms with E-state index >= 15 is 0 Å². The van der Waals surface area contributed by atoms with Gasteiger partial charge in [-0.3, -0.25) is 14.3 Å². The van der Waals surface area contributed by atoms with Gasteiger partial charge in [0.15, 0.2) is 0 Å². The highest BCUT2D eigenvalue weighted by molar-refractivity contribution is 5.94. The molecule has 1 fully saturated rings. The van der Waals surface area contributed by atoms with Crippen molar-refractivity contribution in [1.29, 1.82) is 0 Å². The summed E-state index contributed by atoms with van der Waals surface area (Å²) in [5.41, 5.74) is 1.61. The lowest BCUT2D eigenvalue weighted by molar-refractivity contribution is -0.131. The summed E-state index contributed by atoms with van der Waals surface area (Å²) in [5.74, 6) is 0.714. The van der Waals surface area contributed by atoms with Crippen molar-refractivity contribution < 1.29 is 23.5 Å². The van der Waals surface area contributed by atoms with Crippen LogP contribution in [-0.2, 0) is 20.9 Å². The molecule has 1 aliphatic rings. The van der Waals surface area contributed by atoms with Gasteiger partial charge in [0.05, 0.1) is 31.1 Å². The second kappa shape index (κ2) is 11.8. The Morgan fingerprint density at radius 2 is 2.03 bits per heavy atom. The van der Waals surface area contributed by atoms with Crippen LogP contribution in [0.1, 0.15) is 12.0 Å². The van der Waals surface area contributed by atoms with Gasteiger partial charge in [-0.25, -0.2) is 4.98 Å². The standard InChI is InChI=1S/C25H30FN7O4/c1-17-4-6-20(7-5-17)36-11-10-31(2)23(34)15-33-14-18(13-28-33)29-24(35)21-12-19(16-37-21)32(3)22-8-9-27-25(26)30-22/h4-9,13-14,19,21H,10-12,15-16H2,1-3H3,(H,29,35)/t19-,21+/m0/s1. The Morgan fingerprint density at radius 3 is 2.78 bits per heavy atom. The maximum Gasteiger partial charge on any atom is 0.310 e. The van der Waals surface area contributed by atoms with E-state index in [-0.39, 0.29) is 24.4 Å². The molecule has 12 heteroatoms. The minimum Gasteiger partial charge on any atom is -0.492 e. The van der Waals surface area contributed by atoms with Crippen LogP contribution in [-0.4, -0.2) is 82.5 Å². The summed E-state index contributed by atoms with van der Waals surface area (Å²) >= 11 is 0. The molecule has 1 saturated heterocycles. The number of likely N-dealkylation sites (N-methyl/N-ethyl adjacent to an activating group) is 2. The van der Waals surface area contributed by atoms with E-state index in [0.717, 1.165) is 11.3 Å². The molecule has 0 radical (unpaired) electrons. The molecule has 2 atom stereocenters. The zero-order valence-corrected chi connectivity index (χ0v) is 21.0. The zero-order valence-electron chi connectivity index (χ0n) is 21.0. The SMILES string of the molecule is Cc1ccc(OCCN(C)C(=O)Cn2cc(NC(=O)[C@H]3C[C@H](N(C)c4ccnc(F)n4)CO3)cn2)cc1. The van der Waals surface area contributed by atoms with Crippen LogP contribution in [0.2, 0.25) is 0 Å². The summed E-state index contributed by atoms with van der Waals surface area (Å²) in [6.45, 7) is 3.13. The van der Waals surface area contributed by atoms with Gasteiger partial charge in [0, 0.05) is 32.9 Å². The fourth-order valence-electron chi connectivity index (χ4n) is 3.83. The molecule has 11 nitrogen and oxygen atoms in total. The highest BCUT2D eigenvalue weighted by Gasteiger charge is 2.34. The van der Waals surface area contributed by atoms with Crippen LogP contribution < -0.4 is 15.0 Å². The molecule has 0 unspecified atom stereocenters. The van der Waals surface area contributed by atoms with Gasteiger partial charge in [-0.15, -0.1) is 0 Å². The van der Waals surface area contributed by atoms with Crippen molar-refractivity contribution in [2.45, 2.75) is 32.0 Å². The molecule has 3 aromatic rings. The summed E-state index contributed by atoms with van der Waals surface area (Å²) in [6.07, 6.45) is 3.34. The van der Waals surface area contributed by atoms with Crippen molar-refractivity contribution in [2.75, 3.05) is 44.1 Å². The van der Waals surface area contributed by atoms with E-state index in [1.54, 1.807) is 36.2 Å². The Labute approximate surface area is 214 Å². The Kier molecular flexibility index (Phi) is 8.29. The van der Waals surface area contributed by atoms with Gasteiger partial charge in [-0.2, -0.15) is 14.5 Å². The van der Waals surface area contributed by atoms with Crippen molar-refractivity contribution in [3.05, 3.63) is 60.6 Å². The monoisotopic (exact) mass is 511 g/mol. The van der Waals surface area contributed by atoms with Crippen molar-refractivity contribution in [1.82, 2.24) is 24.6 Å². The van der Waals surface area contributed by atoms with Crippen LogP contribution in [0.4, 0.5) is 15.9 Å². The molecular weight excluding hydrogens is 481 g/mol. The highest BCUT2D eigenvalue weighted by atomic mass is 19.1. The number of halogens is 1. The quantitative estimate of drug-likeness (QED) is 0.411. The first-order valence-corrected chi connectivity index (χ1v) is 11.9.